The van der Waals surface area contributed by atoms with Crippen LogP contribution in [0.3, 0.4) is 0 Å². The molecule has 0 aromatic heterocycles. The first-order valence-corrected chi connectivity index (χ1v) is 5.71. The van der Waals surface area contributed by atoms with Gasteiger partial charge in [0.2, 0.25) is 5.91 Å². The molecule has 5 heteroatoms. The van der Waals surface area contributed by atoms with E-state index >= 15 is 0 Å². The van der Waals surface area contributed by atoms with Gasteiger partial charge in [-0.3, -0.25) is 4.79 Å². The van der Waals surface area contributed by atoms with Crippen molar-refractivity contribution < 1.29 is 9.18 Å². The maximum absolute atomic E-state index is 13.7. The van der Waals surface area contributed by atoms with Crippen LogP contribution in [0.1, 0.15) is 6.42 Å². The minimum atomic E-state index is -0.420. The number of carbonyl (C=O) groups is 1. The highest BCUT2D eigenvalue weighted by Crippen LogP contribution is 2.30. The molecule has 0 spiro atoms. The lowest BCUT2D eigenvalue weighted by atomic mass is 10.3. The Morgan fingerprint density at radius 2 is 2.27 bits per heavy atom. The van der Waals surface area contributed by atoms with Gasteiger partial charge in [-0.1, -0.05) is 6.07 Å². The van der Waals surface area contributed by atoms with E-state index in [1.807, 2.05) is 0 Å². The third-order valence-electron chi connectivity index (χ3n) is 2.30. The summed E-state index contributed by atoms with van der Waals surface area (Å²) < 4.78 is 14.0. The summed E-state index contributed by atoms with van der Waals surface area (Å²) >= 11 is 8.93. The third-order valence-corrected chi connectivity index (χ3v) is 3.20. The lowest BCUT2D eigenvalue weighted by Gasteiger charge is -2.16. The molecule has 2 rings (SSSR count). The largest absolute Gasteiger partial charge is 0.308 e. The average molecular weight is 293 g/mol. The zero-order chi connectivity index (χ0) is 11.0. The molecule has 80 valence electrons. The van der Waals surface area contributed by atoms with E-state index in [9.17, 15) is 9.18 Å². The highest BCUT2D eigenvalue weighted by atomic mass is 79.9. The summed E-state index contributed by atoms with van der Waals surface area (Å²) in [7, 11) is 0. The van der Waals surface area contributed by atoms with Crippen LogP contribution in [0.2, 0.25) is 0 Å². The number of hydrogen-bond acceptors (Lipinski definition) is 1. The molecule has 15 heavy (non-hydrogen) atoms. The highest BCUT2D eigenvalue weighted by Gasteiger charge is 2.30. The van der Waals surface area contributed by atoms with Gasteiger partial charge in [0.1, 0.15) is 0 Å². The smallest absolute Gasteiger partial charge is 0.228 e. The van der Waals surface area contributed by atoms with Crippen molar-refractivity contribution in [3.63, 3.8) is 0 Å². The molecule has 1 amide bonds. The maximum Gasteiger partial charge on any atom is 0.228 e. The van der Waals surface area contributed by atoms with Crippen molar-refractivity contribution in [3.8, 4) is 0 Å². The topological polar surface area (TPSA) is 20.3 Å². The Labute approximate surface area is 100 Å². The number of carbonyl (C=O) groups excluding carboxylic acids is 1. The Kier molecular flexibility index (Phi) is 2.98. The number of rotatable bonds is 1. The number of amides is 1. The second kappa shape index (κ2) is 4.10. The van der Waals surface area contributed by atoms with E-state index in [1.165, 1.54) is 4.90 Å². The van der Waals surface area contributed by atoms with Crippen molar-refractivity contribution in [1.29, 1.82) is 0 Å². The van der Waals surface area contributed by atoms with Gasteiger partial charge < -0.3 is 4.90 Å². The SMILES string of the molecule is O=C1CC(Cl)CN1c1cccc(Br)c1F. The van der Waals surface area contributed by atoms with Gasteiger partial charge in [-0.25, -0.2) is 4.39 Å². The van der Waals surface area contributed by atoms with Crippen LogP contribution in [0.5, 0.6) is 0 Å². The van der Waals surface area contributed by atoms with Crippen molar-refractivity contribution in [2.24, 2.45) is 0 Å². The Morgan fingerprint density at radius 1 is 1.53 bits per heavy atom. The zero-order valence-electron chi connectivity index (χ0n) is 7.71. The molecule has 0 saturated carbocycles. The molecular weight excluding hydrogens is 284 g/mol. The molecule has 1 unspecified atom stereocenters. The minimum absolute atomic E-state index is 0.132. The molecule has 1 atom stereocenters. The first kappa shape index (κ1) is 10.9. The molecule has 1 aliphatic rings. The first-order valence-electron chi connectivity index (χ1n) is 4.48. The maximum atomic E-state index is 13.7. The van der Waals surface area contributed by atoms with Gasteiger partial charge in [0.05, 0.1) is 15.5 Å². The van der Waals surface area contributed by atoms with Crippen molar-refractivity contribution in [1.82, 2.24) is 0 Å². The normalized spacial score (nSPS) is 21.1. The molecule has 1 aliphatic heterocycles. The second-order valence-electron chi connectivity index (χ2n) is 3.38. The van der Waals surface area contributed by atoms with Crippen LogP contribution in [0.15, 0.2) is 22.7 Å². The van der Waals surface area contributed by atoms with E-state index < -0.39 is 5.82 Å². The van der Waals surface area contributed by atoms with Crippen molar-refractivity contribution >= 4 is 39.1 Å². The van der Waals surface area contributed by atoms with Crippen LogP contribution in [-0.2, 0) is 4.79 Å². The Hall–Kier alpha value is -0.610. The van der Waals surface area contributed by atoms with E-state index in [0.29, 0.717) is 11.0 Å². The van der Waals surface area contributed by atoms with E-state index in [4.69, 9.17) is 11.6 Å². The second-order valence-corrected chi connectivity index (χ2v) is 4.85. The van der Waals surface area contributed by atoms with E-state index in [-0.39, 0.29) is 23.4 Å². The Morgan fingerprint density at radius 3 is 2.87 bits per heavy atom. The molecular formula is C10H8BrClFNO. The Bertz CT molecular complexity index is 412. The van der Waals surface area contributed by atoms with E-state index in [0.717, 1.165) is 0 Å². The number of alkyl halides is 1. The average Bonchev–Trinajstić information content (AvgIpc) is 2.50. The van der Waals surface area contributed by atoms with Crippen LogP contribution in [0.4, 0.5) is 10.1 Å². The fraction of sp³-hybridized carbons (Fsp3) is 0.300. The van der Waals surface area contributed by atoms with Crippen LogP contribution < -0.4 is 4.90 Å². The summed E-state index contributed by atoms with van der Waals surface area (Å²) in [6, 6.07) is 4.86. The lowest BCUT2D eigenvalue weighted by molar-refractivity contribution is -0.117. The molecule has 2 nitrogen and oxygen atoms in total. The summed E-state index contributed by atoms with van der Waals surface area (Å²) in [5.41, 5.74) is 0.289. The summed E-state index contributed by atoms with van der Waals surface area (Å²) in [6.45, 7) is 0.369. The van der Waals surface area contributed by atoms with Crippen LogP contribution in [0.25, 0.3) is 0 Å². The zero-order valence-corrected chi connectivity index (χ0v) is 10.1. The molecule has 0 bridgehead atoms. The van der Waals surface area contributed by atoms with Crippen LogP contribution in [0, 0.1) is 5.82 Å². The number of hydrogen-bond donors (Lipinski definition) is 0. The number of halogens is 3. The summed E-state index contributed by atoms with van der Waals surface area (Å²) in [5, 5.41) is -0.226. The van der Waals surface area contributed by atoms with Gasteiger partial charge in [0.25, 0.3) is 0 Å². The third kappa shape index (κ3) is 2.01. The molecule has 1 fully saturated rings. The predicted octanol–water partition coefficient (Wildman–Crippen LogP) is 2.93. The van der Waals surface area contributed by atoms with Crippen molar-refractivity contribution in [2.45, 2.75) is 11.8 Å². The van der Waals surface area contributed by atoms with Gasteiger partial charge in [-0.15, -0.1) is 11.6 Å². The first-order chi connectivity index (χ1) is 7.09. The molecule has 0 radical (unpaired) electrons. The van der Waals surface area contributed by atoms with Gasteiger partial charge >= 0.3 is 0 Å². The fourth-order valence-electron chi connectivity index (χ4n) is 1.60. The predicted molar refractivity (Wildman–Crippen MR) is 60.7 cm³/mol. The highest BCUT2D eigenvalue weighted by molar-refractivity contribution is 9.10. The number of nitrogens with zero attached hydrogens (tertiary/aromatic N) is 1. The van der Waals surface area contributed by atoms with E-state index in [1.54, 1.807) is 18.2 Å². The van der Waals surface area contributed by atoms with E-state index in [2.05, 4.69) is 15.9 Å². The molecule has 1 saturated heterocycles. The quantitative estimate of drug-likeness (QED) is 0.729. The summed E-state index contributed by atoms with van der Waals surface area (Å²) in [6.07, 6.45) is 0.271. The molecule has 1 heterocycles. The molecule has 1 aromatic carbocycles. The number of anilines is 1. The number of benzene rings is 1. The Balaban J connectivity index is 2.38. The summed E-state index contributed by atoms with van der Waals surface area (Å²) in [5.74, 6) is -0.552. The molecule has 0 N–H and O–H groups in total. The molecule has 1 aromatic rings. The minimum Gasteiger partial charge on any atom is -0.308 e. The van der Waals surface area contributed by atoms with Gasteiger partial charge in [0.15, 0.2) is 5.82 Å². The fourth-order valence-corrected chi connectivity index (χ4v) is 2.22. The summed E-state index contributed by atoms with van der Waals surface area (Å²) in [4.78, 5) is 12.9. The van der Waals surface area contributed by atoms with Crippen molar-refractivity contribution in [3.05, 3.63) is 28.5 Å². The monoisotopic (exact) mass is 291 g/mol. The van der Waals surface area contributed by atoms with Crippen LogP contribution >= 0.6 is 27.5 Å². The lowest BCUT2D eigenvalue weighted by Crippen LogP contribution is -2.25. The van der Waals surface area contributed by atoms with Crippen molar-refractivity contribution in [2.75, 3.05) is 11.4 Å². The molecule has 0 aliphatic carbocycles. The van der Waals surface area contributed by atoms with Gasteiger partial charge in [-0.2, -0.15) is 0 Å². The van der Waals surface area contributed by atoms with Gasteiger partial charge in [0, 0.05) is 13.0 Å². The standard InChI is InChI=1S/C10H8BrClFNO/c11-7-2-1-3-8(10(7)13)14-5-6(12)4-9(14)15/h1-3,6H,4-5H2. The van der Waals surface area contributed by atoms with Crippen LogP contribution in [-0.4, -0.2) is 17.8 Å². The van der Waals surface area contributed by atoms with Gasteiger partial charge in [-0.05, 0) is 28.1 Å².